The fraction of sp³-hybridized carbons (Fsp3) is 0.458. The summed E-state index contributed by atoms with van der Waals surface area (Å²) in [6.07, 6.45) is 7.60. The van der Waals surface area contributed by atoms with E-state index < -0.39 is 5.41 Å². The second kappa shape index (κ2) is 7.95. The van der Waals surface area contributed by atoms with Gasteiger partial charge in [0.2, 0.25) is 11.8 Å². The summed E-state index contributed by atoms with van der Waals surface area (Å²) in [6, 6.07) is 9.97. The number of amides is 2. The molecular formula is C24H27N3O3S. The van der Waals surface area contributed by atoms with Gasteiger partial charge in [-0.2, -0.15) is 0 Å². The molecule has 2 fully saturated rings. The van der Waals surface area contributed by atoms with Crippen molar-refractivity contribution in [2.24, 2.45) is 22.4 Å². The van der Waals surface area contributed by atoms with Gasteiger partial charge in [0.25, 0.3) is 0 Å². The maximum absolute atomic E-state index is 13.6. The highest BCUT2D eigenvalue weighted by Gasteiger charge is 2.57. The number of carbonyl (C=O) groups excluding carboxylic acids is 2. The van der Waals surface area contributed by atoms with E-state index in [1.165, 1.54) is 16.0 Å². The second-order valence-corrected chi connectivity index (χ2v) is 9.62. The number of imide groups is 1. The van der Waals surface area contributed by atoms with E-state index in [0.717, 1.165) is 49.2 Å². The van der Waals surface area contributed by atoms with Crippen molar-refractivity contribution in [2.75, 3.05) is 0 Å². The number of likely N-dealkylation sites (tertiary alicyclic amines) is 1. The smallest absolute Gasteiger partial charge is 0.235 e. The average Bonchev–Trinajstić information content (AvgIpc) is 2.78. The fourth-order valence-corrected chi connectivity index (χ4v) is 6.40. The van der Waals surface area contributed by atoms with Gasteiger partial charge in [-0.1, -0.05) is 19.1 Å². The van der Waals surface area contributed by atoms with Crippen LogP contribution in [0.1, 0.15) is 55.2 Å². The van der Waals surface area contributed by atoms with Gasteiger partial charge >= 0.3 is 0 Å². The van der Waals surface area contributed by atoms with Crippen LogP contribution in [0, 0.1) is 17.3 Å². The molecule has 162 valence electrons. The lowest BCUT2D eigenvalue weighted by Crippen LogP contribution is -2.58. The molecule has 2 heterocycles. The van der Waals surface area contributed by atoms with Gasteiger partial charge in [-0.15, -0.1) is 0 Å². The minimum absolute atomic E-state index is 0.00873. The molecule has 0 bridgehead atoms. The van der Waals surface area contributed by atoms with E-state index in [4.69, 9.17) is 9.32 Å². The summed E-state index contributed by atoms with van der Waals surface area (Å²) >= 11 is 0.860. The van der Waals surface area contributed by atoms with Crippen LogP contribution in [-0.2, 0) is 22.6 Å². The third-order valence-electron chi connectivity index (χ3n) is 7.72. The third kappa shape index (κ3) is 3.44. The number of rotatable bonds is 4. The van der Waals surface area contributed by atoms with Crippen LogP contribution in [0.15, 0.2) is 42.7 Å². The molecule has 2 aromatic rings. The Kier molecular flexibility index (Phi) is 5.26. The van der Waals surface area contributed by atoms with Gasteiger partial charge in [0, 0.05) is 18.8 Å². The summed E-state index contributed by atoms with van der Waals surface area (Å²) in [5.41, 5.74) is 3.07. The molecule has 5 rings (SSSR count). The van der Waals surface area contributed by atoms with Gasteiger partial charge in [0.1, 0.15) is 18.0 Å². The van der Waals surface area contributed by atoms with Crippen LogP contribution in [-0.4, -0.2) is 21.7 Å². The molecule has 4 unspecified atom stereocenters. The van der Waals surface area contributed by atoms with Gasteiger partial charge in [0.15, 0.2) is 0 Å². The summed E-state index contributed by atoms with van der Waals surface area (Å²) in [6.45, 7) is 2.40. The van der Waals surface area contributed by atoms with Crippen molar-refractivity contribution in [3.05, 3.63) is 59.4 Å². The molecule has 7 heteroatoms. The van der Waals surface area contributed by atoms with Crippen LogP contribution in [0.25, 0.3) is 0 Å². The van der Waals surface area contributed by atoms with Crippen LogP contribution < -0.4 is 9.32 Å². The third-order valence-corrected chi connectivity index (χ3v) is 8.01. The number of hydrogen-bond donors (Lipinski definition) is 1. The number of aromatic nitrogens is 1. The highest BCUT2D eigenvalue weighted by Crippen LogP contribution is 2.58. The van der Waals surface area contributed by atoms with Crippen molar-refractivity contribution in [2.45, 2.75) is 51.5 Å². The maximum atomic E-state index is 13.6. The van der Waals surface area contributed by atoms with Crippen molar-refractivity contribution < 1.29 is 13.8 Å². The topological polar surface area (TPSA) is 85.5 Å². The first-order valence-electron chi connectivity index (χ1n) is 10.9. The molecule has 3 aliphatic rings. The van der Waals surface area contributed by atoms with Crippen molar-refractivity contribution in [3.8, 4) is 5.75 Å². The Morgan fingerprint density at radius 1 is 1.29 bits per heavy atom. The van der Waals surface area contributed by atoms with Crippen molar-refractivity contribution in [1.29, 1.82) is 0 Å². The van der Waals surface area contributed by atoms with Gasteiger partial charge in [0.05, 0.1) is 12.0 Å². The van der Waals surface area contributed by atoms with Crippen molar-refractivity contribution in [3.63, 3.8) is 0 Å². The van der Waals surface area contributed by atoms with Crippen molar-refractivity contribution >= 4 is 24.0 Å². The largest absolute Gasteiger partial charge is 0.410 e. The zero-order valence-corrected chi connectivity index (χ0v) is 18.4. The zero-order valence-electron chi connectivity index (χ0n) is 17.6. The maximum Gasteiger partial charge on any atom is 0.235 e. The lowest BCUT2D eigenvalue weighted by atomic mass is 9.52. The van der Waals surface area contributed by atoms with E-state index in [-0.39, 0.29) is 17.7 Å². The predicted molar refractivity (Wildman–Crippen MR) is 119 cm³/mol. The molecule has 1 saturated heterocycles. The normalized spacial score (nSPS) is 29.7. The first-order chi connectivity index (χ1) is 15.0. The average molecular weight is 438 g/mol. The first-order valence-corrected chi connectivity index (χ1v) is 11.7. The van der Waals surface area contributed by atoms with E-state index in [1.807, 2.05) is 18.2 Å². The number of pyridine rings is 1. The van der Waals surface area contributed by atoms with Crippen LogP contribution in [0.3, 0.4) is 0 Å². The summed E-state index contributed by atoms with van der Waals surface area (Å²) in [7, 11) is 0. The first kappa shape index (κ1) is 20.5. The van der Waals surface area contributed by atoms with Gasteiger partial charge < -0.3 is 4.18 Å². The summed E-state index contributed by atoms with van der Waals surface area (Å²) in [5, 5.41) is 5.44. The van der Waals surface area contributed by atoms with Crippen LogP contribution in [0.5, 0.6) is 5.75 Å². The number of benzene rings is 1. The van der Waals surface area contributed by atoms with Gasteiger partial charge in [-0.05, 0) is 78.3 Å². The van der Waals surface area contributed by atoms with Gasteiger partial charge in [-0.3, -0.25) is 19.5 Å². The predicted octanol–water partition coefficient (Wildman–Crippen LogP) is 4.00. The van der Waals surface area contributed by atoms with Crippen LogP contribution in [0.2, 0.25) is 0 Å². The number of fused-ring (bicyclic) bond motifs is 5. The zero-order chi connectivity index (χ0) is 21.6. The Bertz CT molecular complexity index is 1010. The van der Waals surface area contributed by atoms with Gasteiger partial charge in [-0.25, -0.2) is 5.14 Å². The Balaban J connectivity index is 1.41. The monoisotopic (exact) mass is 437 g/mol. The quantitative estimate of drug-likeness (QED) is 0.442. The Morgan fingerprint density at radius 2 is 2.16 bits per heavy atom. The molecule has 2 N–H and O–H groups in total. The number of aryl methyl sites for hydroxylation is 1. The molecule has 2 amide bonds. The summed E-state index contributed by atoms with van der Waals surface area (Å²) in [4.78, 5) is 32.3. The number of nitrogens with two attached hydrogens (primary N) is 1. The molecule has 31 heavy (non-hydrogen) atoms. The lowest BCUT2D eigenvalue weighted by molar-refractivity contribution is -0.168. The Labute approximate surface area is 186 Å². The number of carbonyl (C=O) groups is 2. The molecule has 1 saturated carbocycles. The number of nitrogens with zero attached hydrogens (tertiary/aromatic N) is 2. The van der Waals surface area contributed by atoms with E-state index in [0.29, 0.717) is 24.8 Å². The van der Waals surface area contributed by atoms with E-state index in [9.17, 15) is 9.59 Å². The SMILES string of the molecule is CC12CCC3c4ccc(OSN)cc4CCC3C1CC(=O)N(Cc1cccnc1)C2=O. The minimum atomic E-state index is -0.478. The van der Waals surface area contributed by atoms with Crippen LogP contribution in [0.4, 0.5) is 0 Å². The highest BCUT2D eigenvalue weighted by atomic mass is 32.2. The molecule has 1 aliphatic heterocycles. The van der Waals surface area contributed by atoms with E-state index in [1.54, 1.807) is 12.4 Å². The molecule has 1 aromatic carbocycles. The molecule has 0 radical (unpaired) electrons. The highest BCUT2D eigenvalue weighted by molar-refractivity contribution is 7.92. The summed E-state index contributed by atoms with van der Waals surface area (Å²) < 4.78 is 5.39. The van der Waals surface area contributed by atoms with E-state index >= 15 is 0 Å². The minimum Gasteiger partial charge on any atom is -0.410 e. The molecule has 2 aliphatic carbocycles. The van der Waals surface area contributed by atoms with Crippen molar-refractivity contribution in [1.82, 2.24) is 9.88 Å². The molecule has 4 atom stereocenters. The molecule has 0 spiro atoms. The Morgan fingerprint density at radius 3 is 2.94 bits per heavy atom. The molecular weight excluding hydrogens is 410 g/mol. The molecule has 1 aromatic heterocycles. The Hall–Kier alpha value is -2.38. The summed E-state index contributed by atoms with van der Waals surface area (Å²) in [5.74, 6) is 1.57. The second-order valence-electron chi connectivity index (χ2n) is 9.26. The van der Waals surface area contributed by atoms with E-state index in [2.05, 4.69) is 24.0 Å². The standard InChI is InChI=1S/C24H27N3O3S/c1-24-9-8-19-18-7-5-17(30-31-25)11-16(18)4-6-20(19)21(24)12-22(28)27(23(24)29)14-15-3-2-10-26-13-15/h2-3,5,7,10-11,13,19-21H,4,6,8-9,12,14,25H2,1H3. The lowest BCUT2D eigenvalue weighted by Gasteiger charge is -2.54. The number of piperidine rings is 1. The number of hydrogen-bond acceptors (Lipinski definition) is 6. The fourth-order valence-electron chi connectivity index (χ4n) is 6.18. The van der Waals surface area contributed by atoms with Crippen LogP contribution >= 0.6 is 12.2 Å². The molecule has 6 nitrogen and oxygen atoms in total.